The number of carbonyl (C=O) groups is 2. The minimum atomic E-state index is -0.636. The molecule has 9 heteroatoms. The maximum Gasteiger partial charge on any atom is 0.245 e. The molecule has 2 amide bonds. The van der Waals surface area contributed by atoms with Gasteiger partial charge in [-0.05, 0) is 36.8 Å². The van der Waals surface area contributed by atoms with Gasteiger partial charge in [-0.25, -0.2) is 4.99 Å². The van der Waals surface area contributed by atoms with Crippen molar-refractivity contribution in [1.82, 2.24) is 20.4 Å². The molecule has 1 saturated heterocycles. The Morgan fingerprint density at radius 3 is 2.71 bits per heavy atom. The molecule has 2 atom stereocenters. The van der Waals surface area contributed by atoms with E-state index in [9.17, 15) is 14.7 Å². The van der Waals surface area contributed by atoms with Crippen molar-refractivity contribution in [1.29, 1.82) is 0 Å². The van der Waals surface area contributed by atoms with Crippen LogP contribution in [-0.4, -0.2) is 89.8 Å². The molecule has 3 aliphatic heterocycles. The average Bonchev–Trinajstić information content (AvgIpc) is 2.88. The number of aliphatic hydroxyl groups is 1. The monoisotopic (exact) mass is 482 g/mol. The molecule has 3 heterocycles. The second-order valence-corrected chi connectivity index (χ2v) is 9.76. The number of benzene rings is 1. The third-order valence-corrected chi connectivity index (χ3v) is 7.02. The largest absolute Gasteiger partial charge is 0.390 e. The van der Waals surface area contributed by atoms with Crippen LogP contribution in [0.25, 0.3) is 0 Å². The van der Waals surface area contributed by atoms with Gasteiger partial charge in [0, 0.05) is 58.2 Å². The standard InChI is InChI=1S/C26H38N6O3/c1-2-5-25(34)32-12-9-21(10-13-32)30-24-14-23(28-18-29-24)26(35)27-15-22(33)17-31-11-8-19-6-3-4-7-20(19)16-31/h3-4,6-7,18,21-23,33H,2,5,8-17H2,1H3,(H,27,35)(H,28,29,30)/t22-,23?/m0/s1. The van der Waals surface area contributed by atoms with E-state index in [4.69, 9.17) is 0 Å². The Balaban J connectivity index is 1.16. The van der Waals surface area contributed by atoms with Crippen molar-refractivity contribution in [3.63, 3.8) is 0 Å². The Labute approximate surface area is 207 Å². The van der Waals surface area contributed by atoms with Gasteiger partial charge in [0.2, 0.25) is 11.8 Å². The quantitative estimate of drug-likeness (QED) is 0.514. The summed E-state index contributed by atoms with van der Waals surface area (Å²) in [6.07, 6.45) is 5.43. The van der Waals surface area contributed by atoms with E-state index < -0.39 is 12.1 Å². The number of nitrogens with one attached hydrogen (secondary N) is 2. The number of nitrogens with zero attached hydrogens (tertiary/aromatic N) is 4. The molecule has 9 nitrogen and oxygen atoms in total. The van der Waals surface area contributed by atoms with Gasteiger partial charge in [-0.2, -0.15) is 0 Å². The van der Waals surface area contributed by atoms with Crippen LogP contribution in [0.5, 0.6) is 0 Å². The summed E-state index contributed by atoms with van der Waals surface area (Å²) >= 11 is 0. The molecule has 1 unspecified atom stereocenters. The van der Waals surface area contributed by atoms with Crippen LogP contribution in [0.4, 0.5) is 0 Å². The predicted molar refractivity (Wildman–Crippen MR) is 136 cm³/mol. The van der Waals surface area contributed by atoms with E-state index in [1.54, 1.807) is 0 Å². The van der Waals surface area contributed by atoms with Crippen molar-refractivity contribution in [3.05, 3.63) is 35.4 Å². The number of amidine groups is 1. The van der Waals surface area contributed by atoms with Gasteiger partial charge < -0.3 is 20.6 Å². The first-order chi connectivity index (χ1) is 17.0. The minimum Gasteiger partial charge on any atom is -0.390 e. The van der Waals surface area contributed by atoms with Crippen molar-refractivity contribution >= 4 is 24.0 Å². The molecule has 0 saturated carbocycles. The fourth-order valence-electron chi connectivity index (χ4n) is 5.02. The van der Waals surface area contributed by atoms with Gasteiger partial charge in [0.05, 0.1) is 6.10 Å². The highest BCUT2D eigenvalue weighted by atomic mass is 16.3. The summed E-state index contributed by atoms with van der Waals surface area (Å²) in [5, 5.41) is 16.8. The molecular formula is C26H38N6O3. The number of aliphatic hydroxyl groups excluding tert-OH is 1. The summed E-state index contributed by atoms with van der Waals surface area (Å²) in [5.74, 6) is 0.793. The third kappa shape index (κ3) is 7.11. The number of β-amino-alcohol motifs (C(OH)–C–C–N with tert-alkyl or cyclic N) is 1. The molecule has 3 N–H and O–H groups in total. The Hall–Kier alpha value is -2.78. The van der Waals surface area contributed by atoms with E-state index in [1.165, 1.54) is 17.5 Å². The van der Waals surface area contributed by atoms with Gasteiger partial charge in [-0.3, -0.25) is 19.5 Å². The number of fused-ring (bicyclic) bond motifs is 1. The number of piperidine rings is 1. The van der Waals surface area contributed by atoms with E-state index >= 15 is 0 Å². The molecule has 1 aromatic rings. The van der Waals surface area contributed by atoms with Crippen LogP contribution in [0.3, 0.4) is 0 Å². The van der Waals surface area contributed by atoms with Crippen molar-refractivity contribution in [3.8, 4) is 0 Å². The van der Waals surface area contributed by atoms with Crippen LogP contribution < -0.4 is 10.6 Å². The lowest BCUT2D eigenvalue weighted by Gasteiger charge is -2.33. The summed E-state index contributed by atoms with van der Waals surface area (Å²) < 4.78 is 0. The van der Waals surface area contributed by atoms with Crippen LogP contribution in [0.2, 0.25) is 0 Å². The van der Waals surface area contributed by atoms with Gasteiger partial charge in [0.1, 0.15) is 18.2 Å². The Morgan fingerprint density at radius 2 is 1.94 bits per heavy atom. The highest BCUT2D eigenvalue weighted by molar-refractivity contribution is 5.97. The molecule has 0 aliphatic carbocycles. The smallest absolute Gasteiger partial charge is 0.245 e. The fourth-order valence-corrected chi connectivity index (χ4v) is 5.02. The molecular weight excluding hydrogens is 444 g/mol. The number of carbonyl (C=O) groups excluding carboxylic acids is 2. The summed E-state index contributed by atoms with van der Waals surface area (Å²) in [7, 11) is 0. The van der Waals surface area contributed by atoms with Crippen LogP contribution >= 0.6 is 0 Å². The van der Waals surface area contributed by atoms with Crippen LogP contribution in [0, 0.1) is 0 Å². The maximum absolute atomic E-state index is 12.7. The van der Waals surface area contributed by atoms with Gasteiger partial charge in [0.15, 0.2) is 0 Å². The SMILES string of the molecule is CCCC(=O)N1CCC(NC2=NC=NC(C(=O)NC[C@H](O)CN3CCc4ccccc4C3)C2)CC1. The van der Waals surface area contributed by atoms with Crippen molar-refractivity contribution in [2.24, 2.45) is 9.98 Å². The van der Waals surface area contributed by atoms with Crippen molar-refractivity contribution in [2.45, 2.75) is 70.2 Å². The van der Waals surface area contributed by atoms with E-state index in [0.717, 1.165) is 57.7 Å². The van der Waals surface area contributed by atoms with E-state index in [2.05, 4.69) is 43.7 Å². The molecule has 0 bridgehead atoms. The normalized spacial score (nSPS) is 21.7. The average molecular weight is 483 g/mol. The van der Waals surface area contributed by atoms with E-state index in [0.29, 0.717) is 19.4 Å². The molecule has 3 aliphatic rings. The Morgan fingerprint density at radius 1 is 1.17 bits per heavy atom. The maximum atomic E-state index is 12.7. The van der Waals surface area contributed by atoms with E-state index in [-0.39, 0.29) is 24.4 Å². The molecule has 4 rings (SSSR count). The van der Waals surface area contributed by atoms with Gasteiger partial charge >= 0.3 is 0 Å². The van der Waals surface area contributed by atoms with Crippen LogP contribution in [-0.2, 0) is 22.6 Å². The number of likely N-dealkylation sites (tertiary alicyclic amines) is 1. The highest BCUT2D eigenvalue weighted by Crippen LogP contribution is 2.18. The van der Waals surface area contributed by atoms with Gasteiger partial charge in [-0.15, -0.1) is 0 Å². The molecule has 0 aromatic heterocycles. The summed E-state index contributed by atoms with van der Waals surface area (Å²) in [6.45, 7) is 5.99. The van der Waals surface area contributed by atoms with Crippen LogP contribution in [0.1, 0.15) is 50.2 Å². The molecule has 1 aromatic carbocycles. The minimum absolute atomic E-state index is 0.196. The first-order valence-electron chi connectivity index (χ1n) is 12.9. The number of amides is 2. The topological polar surface area (TPSA) is 110 Å². The first kappa shape index (κ1) is 25.3. The number of hydrogen-bond acceptors (Lipinski definition) is 7. The zero-order valence-electron chi connectivity index (χ0n) is 20.7. The summed E-state index contributed by atoms with van der Waals surface area (Å²) in [5.41, 5.74) is 2.69. The lowest BCUT2D eigenvalue weighted by molar-refractivity contribution is -0.132. The molecule has 0 spiro atoms. The molecule has 0 radical (unpaired) electrons. The number of hydrogen-bond donors (Lipinski definition) is 3. The van der Waals surface area contributed by atoms with Crippen LogP contribution in [0.15, 0.2) is 34.3 Å². The van der Waals surface area contributed by atoms with E-state index in [1.807, 2.05) is 17.9 Å². The highest BCUT2D eigenvalue weighted by Gasteiger charge is 2.27. The summed E-state index contributed by atoms with van der Waals surface area (Å²) in [4.78, 5) is 37.5. The first-order valence-corrected chi connectivity index (χ1v) is 12.9. The second-order valence-electron chi connectivity index (χ2n) is 9.76. The third-order valence-electron chi connectivity index (χ3n) is 7.02. The van der Waals surface area contributed by atoms with Gasteiger partial charge in [-0.1, -0.05) is 31.2 Å². The van der Waals surface area contributed by atoms with Gasteiger partial charge in [0.25, 0.3) is 0 Å². The Kier molecular flexibility index (Phi) is 8.87. The lowest BCUT2D eigenvalue weighted by atomic mass is 10.00. The summed E-state index contributed by atoms with van der Waals surface area (Å²) in [6, 6.07) is 8.11. The number of aliphatic imine (C=N–C) groups is 2. The zero-order valence-corrected chi connectivity index (χ0v) is 20.7. The van der Waals surface area contributed by atoms with Crippen molar-refractivity contribution < 1.29 is 14.7 Å². The lowest BCUT2D eigenvalue weighted by Crippen LogP contribution is -2.49. The fraction of sp³-hybridized carbons (Fsp3) is 0.615. The Bertz CT molecular complexity index is 941. The zero-order chi connectivity index (χ0) is 24.6. The number of rotatable bonds is 8. The predicted octanol–water partition coefficient (Wildman–Crippen LogP) is 1.10. The molecule has 190 valence electrons. The van der Waals surface area contributed by atoms with Crippen molar-refractivity contribution in [2.75, 3.05) is 32.7 Å². The molecule has 1 fully saturated rings. The second kappa shape index (κ2) is 12.3. The molecule has 35 heavy (non-hydrogen) atoms.